The highest BCUT2D eigenvalue weighted by Gasteiger charge is 2.38. The first-order chi connectivity index (χ1) is 14.8. The number of hydrogen-bond acceptors (Lipinski definition) is 6. The Kier molecular flexibility index (Phi) is 7.04. The number of carbonyl (C=O) groups excluding carboxylic acids is 3. The fourth-order valence-corrected chi connectivity index (χ4v) is 4.00. The summed E-state index contributed by atoms with van der Waals surface area (Å²) in [4.78, 5) is 41.6. The van der Waals surface area contributed by atoms with E-state index in [2.05, 4.69) is 15.5 Å². The molecule has 1 fully saturated rings. The van der Waals surface area contributed by atoms with Gasteiger partial charge in [0.05, 0.1) is 0 Å². The molecular formula is C22H29N5O4. The van der Waals surface area contributed by atoms with E-state index in [4.69, 9.17) is 10.3 Å². The maximum absolute atomic E-state index is 12.6. The molecule has 0 atom stereocenters. The average molecular weight is 428 g/mol. The second kappa shape index (κ2) is 9.72. The van der Waals surface area contributed by atoms with Crippen LogP contribution in [0.2, 0.25) is 0 Å². The van der Waals surface area contributed by atoms with Crippen LogP contribution in [-0.2, 0) is 21.5 Å². The number of rotatable bonds is 7. The highest BCUT2D eigenvalue weighted by atomic mass is 16.5. The highest BCUT2D eigenvalue weighted by molar-refractivity contribution is 5.95. The fraction of sp³-hybridized carbons (Fsp3) is 0.500. The smallest absolute Gasteiger partial charge is 0.248 e. The molecule has 2 aromatic rings. The predicted octanol–water partition coefficient (Wildman–Crippen LogP) is 2.45. The van der Waals surface area contributed by atoms with Gasteiger partial charge in [-0.05, 0) is 37.1 Å². The minimum Gasteiger partial charge on any atom is -0.366 e. The summed E-state index contributed by atoms with van der Waals surface area (Å²) in [6.45, 7) is 1.50. The molecule has 0 bridgehead atoms. The van der Waals surface area contributed by atoms with Crippen molar-refractivity contribution in [3.05, 3.63) is 41.5 Å². The van der Waals surface area contributed by atoms with Crippen molar-refractivity contribution >= 4 is 23.4 Å². The van der Waals surface area contributed by atoms with Crippen LogP contribution in [0.15, 0.2) is 28.8 Å². The second-order valence-electron chi connectivity index (χ2n) is 8.05. The second-order valence-corrected chi connectivity index (χ2v) is 8.05. The van der Waals surface area contributed by atoms with Crippen LogP contribution in [0.3, 0.4) is 0 Å². The molecule has 1 aromatic carbocycles. The van der Waals surface area contributed by atoms with Gasteiger partial charge in [-0.1, -0.05) is 30.8 Å². The summed E-state index contributed by atoms with van der Waals surface area (Å²) in [7, 11) is 1.66. The predicted molar refractivity (Wildman–Crippen MR) is 114 cm³/mol. The van der Waals surface area contributed by atoms with E-state index in [0.29, 0.717) is 29.4 Å². The third-order valence-electron chi connectivity index (χ3n) is 5.73. The molecule has 3 rings (SSSR count). The number of anilines is 1. The number of nitrogens with one attached hydrogen (secondary N) is 1. The van der Waals surface area contributed by atoms with E-state index >= 15 is 0 Å². The van der Waals surface area contributed by atoms with Gasteiger partial charge in [-0.3, -0.25) is 14.4 Å². The number of aryl methyl sites for hydroxylation is 1. The van der Waals surface area contributed by atoms with Crippen molar-refractivity contribution in [3.63, 3.8) is 0 Å². The number of carbonyl (C=O) groups is 3. The van der Waals surface area contributed by atoms with Crippen LogP contribution in [0.4, 0.5) is 5.69 Å². The summed E-state index contributed by atoms with van der Waals surface area (Å²) >= 11 is 0. The SMILES string of the molecule is CC(=O)NC1(c2noc(CCC(=O)N(C)c3ccc(C(N)=O)cc3)n2)CCCCCC1. The van der Waals surface area contributed by atoms with Crippen LogP contribution in [0, 0.1) is 0 Å². The summed E-state index contributed by atoms with van der Waals surface area (Å²) in [6.07, 6.45) is 6.24. The summed E-state index contributed by atoms with van der Waals surface area (Å²) in [5.41, 5.74) is 5.68. The zero-order chi connectivity index (χ0) is 22.4. The number of amides is 3. The van der Waals surface area contributed by atoms with Crippen molar-refractivity contribution in [2.75, 3.05) is 11.9 Å². The quantitative estimate of drug-likeness (QED) is 0.653. The zero-order valence-electron chi connectivity index (χ0n) is 18.0. The fourth-order valence-electron chi connectivity index (χ4n) is 4.00. The van der Waals surface area contributed by atoms with Crippen LogP contribution >= 0.6 is 0 Å². The lowest BCUT2D eigenvalue weighted by Crippen LogP contribution is -2.45. The molecule has 1 aliphatic rings. The molecule has 1 aliphatic carbocycles. The Hall–Kier alpha value is -3.23. The number of nitrogens with two attached hydrogens (primary N) is 1. The Morgan fingerprint density at radius 1 is 1.13 bits per heavy atom. The summed E-state index contributed by atoms with van der Waals surface area (Å²) in [5.74, 6) is 0.0979. The molecule has 1 heterocycles. The molecular weight excluding hydrogens is 398 g/mol. The molecule has 0 unspecified atom stereocenters. The van der Waals surface area contributed by atoms with Gasteiger partial charge < -0.3 is 20.5 Å². The van der Waals surface area contributed by atoms with E-state index < -0.39 is 11.4 Å². The number of nitrogens with zero attached hydrogens (tertiary/aromatic N) is 3. The minimum absolute atomic E-state index is 0.118. The number of primary amides is 1. The molecule has 1 saturated carbocycles. The molecule has 9 nitrogen and oxygen atoms in total. The van der Waals surface area contributed by atoms with Gasteiger partial charge >= 0.3 is 0 Å². The lowest BCUT2D eigenvalue weighted by atomic mass is 9.89. The van der Waals surface area contributed by atoms with E-state index in [1.54, 1.807) is 31.3 Å². The lowest BCUT2D eigenvalue weighted by molar-refractivity contribution is -0.121. The Bertz CT molecular complexity index is 930. The van der Waals surface area contributed by atoms with Crippen LogP contribution in [0.1, 0.15) is 73.9 Å². The number of hydrogen-bond donors (Lipinski definition) is 2. The van der Waals surface area contributed by atoms with Crippen molar-refractivity contribution in [2.45, 2.75) is 63.8 Å². The summed E-state index contributed by atoms with van der Waals surface area (Å²) in [5, 5.41) is 7.19. The molecule has 0 aliphatic heterocycles. The van der Waals surface area contributed by atoms with Crippen LogP contribution in [0.5, 0.6) is 0 Å². The molecule has 0 radical (unpaired) electrons. The monoisotopic (exact) mass is 427 g/mol. The van der Waals surface area contributed by atoms with Crippen molar-refractivity contribution in [3.8, 4) is 0 Å². The van der Waals surface area contributed by atoms with Gasteiger partial charge in [0.2, 0.25) is 23.6 Å². The molecule has 1 aromatic heterocycles. The van der Waals surface area contributed by atoms with Crippen LogP contribution in [0.25, 0.3) is 0 Å². The number of aromatic nitrogens is 2. The van der Waals surface area contributed by atoms with Crippen molar-refractivity contribution < 1.29 is 18.9 Å². The summed E-state index contributed by atoms with van der Waals surface area (Å²) in [6, 6.07) is 6.51. The molecule has 166 valence electrons. The maximum atomic E-state index is 12.6. The molecule has 3 amide bonds. The molecule has 0 saturated heterocycles. The van der Waals surface area contributed by atoms with E-state index in [9.17, 15) is 14.4 Å². The summed E-state index contributed by atoms with van der Waals surface area (Å²) < 4.78 is 5.41. The van der Waals surface area contributed by atoms with Gasteiger partial charge in [-0.25, -0.2) is 0 Å². The van der Waals surface area contributed by atoms with E-state index in [-0.39, 0.29) is 18.2 Å². The van der Waals surface area contributed by atoms with Gasteiger partial charge in [-0.2, -0.15) is 4.98 Å². The third kappa shape index (κ3) is 5.48. The van der Waals surface area contributed by atoms with E-state index in [1.807, 2.05) is 0 Å². The first-order valence-corrected chi connectivity index (χ1v) is 10.6. The van der Waals surface area contributed by atoms with E-state index in [1.165, 1.54) is 11.8 Å². The van der Waals surface area contributed by atoms with Gasteiger partial charge in [0.25, 0.3) is 0 Å². The maximum Gasteiger partial charge on any atom is 0.248 e. The third-order valence-corrected chi connectivity index (χ3v) is 5.73. The van der Waals surface area contributed by atoms with Gasteiger partial charge in [0, 0.05) is 38.1 Å². The van der Waals surface area contributed by atoms with Crippen molar-refractivity contribution in [1.29, 1.82) is 0 Å². The first-order valence-electron chi connectivity index (χ1n) is 10.6. The topological polar surface area (TPSA) is 131 Å². The normalized spacial score (nSPS) is 15.7. The van der Waals surface area contributed by atoms with Crippen LogP contribution < -0.4 is 16.0 Å². The minimum atomic E-state index is -0.604. The van der Waals surface area contributed by atoms with Gasteiger partial charge in [0.1, 0.15) is 5.54 Å². The van der Waals surface area contributed by atoms with Crippen LogP contribution in [-0.4, -0.2) is 34.9 Å². The van der Waals surface area contributed by atoms with Gasteiger partial charge in [0.15, 0.2) is 5.82 Å². The standard InChI is InChI=1S/C22H29N5O4/c1-15(28)25-22(13-5-3-4-6-14-22)21-24-18(31-26-21)11-12-19(29)27(2)17-9-7-16(8-10-17)20(23)30/h7-10H,3-6,11-14H2,1-2H3,(H2,23,30)(H,25,28). The Morgan fingerprint density at radius 3 is 2.35 bits per heavy atom. The lowest BCUT2D eigenvalue weighted by Gasteiger charge is -2.30. The molecule has 31 heavy (non-hydrogen) atoms. The Labute approximate surface area is 181 Å². The van der Waals surface area contributed by atoms with Gasteiger partial charge in [-0.15, -0.1) is 0 Å². The Morgan fingerprint density at radius 2 is 1.77 bits per heavy atom. The largest absolute Gasteiger partial charge is 0.366 e. The molecule has 0 spiro atoms. The Balaban J connectivity index is 1.65. The van der Waals surface area contributed by atoms with Crippen molar-refractivity contribution in [2.24, 2.45) is 5.73 Å². The molecule has 3 N–H and O–H groups in total. The van der Waals surface area contributed by atoms with Crippen molar-refractivity contribution in [1.82, 2.24) is 15.5 Å². The molecule has 9 heteroatoms. The first kappa shape index (κ1) is 22.5. The highest BCUT2D eigenvalue weighted by Crippen LogP contribution is 2.34. The van der Waals surface area contributed by atoms with E-state index in [0.717, 1.165) is 38.5 Å². The average Bonchev–Trinajstić information content (AvgIpc) is 3.11. The zero-order valence-corrected chi connectivity index (χ0v) is 18.0. The number of benzene rings is 1.